The van der Waals surface area contributed by atoms with Gasteiger partial charge in [-0.25, -0.2) is 4.98 Å². The largest absolute Gasteiger partial charge is 0.367 e. The fourth-order valence-electron chi connectivity index (χ4n) is 2.54. The molecule has 0 radical (unpaired) electrons. The van der Waals surface area contributed by atoms with Crippen molar-refractivity contribution in [3.05, 3.63) is 58.7 Å². The van der Waals surface area contributed by atoms with Gasteiger partial charge in [0.15, 0.2) is 0 Å². The van der Waals surface area contributed by atoms with E-state index in [0.717, 1.165) is 18.7 Å². The second-order valence-corrected chi connectivity index (χ2v) is 5.65. The van der Waals surface area contributed by atoms with Gasteiger partial charge in [-0.2, -0.15) is 0 Å². The van der Waals surface area contributed by atoms with Gasteiger partial charge >= 0.3 is 0 Å². The zero-order chi connectivity index (χ0) is 13.2. The van der Waals surface area contributed by atoms with E-state index < -0.39 is 0 Å². The van der Waals surface area contributed by atoms with Gasteiger partial charge in [0.1, 0.15) is 11.0 Å². The number of aryl methyl sites for hydroxylation is 1. The minimum absolute atomic E-state index is 0.511. The number of benzene rings is 1. The molecular weight excluding hydrogens is 256 g/mol. The van der Waals surface area contributed by atoms with Crippen LogP contribution in [-0.4, -0.2) is 11.0 Å². The monoisotopic (exact) mass is 272 g/mol. The molecule has 1 saturated carbocycles. The molecule has 1 fully saturated rings. The molecule has 19 heavy (non-hydrogen) atoms. The second kappa shape index (κ2) is 5.22. The summed E-state index contributed by atoms with van der Waals surface area (Å²) in [5.74, 6) is 1.55. The molecule has 1 heterocycles. The minimum atomic E-state index is 0.511. The zero-order valence-corrected chi connectivity index (χ0v) is 11.7. The van der Waals surface area contributed by atoms with E-state index in [0.29, 0.717) is 17.1 Å². The Bertz CT molecular complexity index is 559. The highest BCUT2D eigenvalue weighted by Crippen LogP contribution is 2.38. The average molecular weight is 273 g/mol. The lowest BCUT2D eigenvalue weighted by atomic mass is 9.76. The van der Waals surface area contributed by atoms with Crippen LogP contribution in [0.1, 0.15) is 29.9 Å². The van der Waals surface area contributed by atoms with Crippen LogP contribution in [0.2, 0.25) is 5.15 Å². The van der Waals surface area contributed by atoms with E-state index in [1.807, 2.05) is 12.1 Å². The third-order valence-electron chi connectivity index (χ3n) is 3.75. The van der Waals surface area contributed by atoms with E-state index in [9.17, 15) is 0 Å². The summed E-state index contributed by atoms with van der Waals surface area (Å²) in [5, 5.41) is 3.98. The summed E-state index contributed by atoms with van der Waals surface area (Å²) in [6.45, 7) is 2.12. The molecule has 0 unspecified atom stereocenters. The number of rotatable bonds is 3. The van der Waals surface area contributed by atoms with Crippen molar-refractivity contribution >= 4 is 17.4 Å². The Hall–Kier alpha value is -1.54. The topological polar surface area (TPSA) is 24.9 Å². The fourth-order valence-corrected chi connectivity index (χ4v) is 2.71. The van der Waals surface area contributed by atoms with Gasteiger partial charge in [0.25, 0.3) is 0 Å². The lowest BCUT2D eigenvalue weighted by Gasteiger charge is -2.36. The van der Waals surface area contributed by atoms with Crippen LogP contribution in [-0.2, 0) is 0 Å². The van der Waals surface area contributed by atoms with Crippen LogP contribution in [0.3, 0.4) is 0 Å². The van der Waals surface area contributed by atoms with E-state index in [2.05, 4.69) is 41.5 Å². The molecule has 1 aliphatic carbocycles. The summed E-state index contributed by atoms with van der Waals surface area (Å²) in [4.78, 5) is 4.26. The molecule has 1 aliphatic rings. The van der Waals surface area contributed by atoms with Crippen LogP contribution in [0.25, 0.3) is 0 Å². The van der Waals surface area contributed by atoms with Crippen LogP contribution in [0.15, 0.2) is 42.5 Å². The minimum Gasteiger partial charge on any atom is -0.367 e. The molecule has 98 valence electrons. The first-order valence-electron chi connectivity index (χ1n) is 6.66. The molecule has 3 heteroatoms. The fraction of sp³-hybridized carbons (Fsp3) is 0.312. The Labute approximate surface area is 118 Å². The van der Waals surface area contributed by atoms with E-state index in [4.69, 9.17) is 11.6 Å². The standard InChI is InChI=1S/C16H17ClN2/c1-11-5-7-12(8-6-11)13-9-14(10-13)18-16-4-2-3-15(17)19-16/h2-8,13-14H,9-10H2,1H3,(H,18,19). The Kier molecular flexibility index (Phi) is 3.43. The molecule has 1 aromatic heterocycles. The van der Waals surface area contributed by atoms with Gasteiger partial charge in [0, 0.05) is 6.04 Å². The first-order valence-corrected chi connectivity index (χ1v) is 7.04. The van der Waals surface area contributed by atoms with E-state index in [1.54, 1.807) is 6.07 Å². The van der Waals surface area contributed by atoms with Crippen LogP contribution in [0.5, 0.6) is 0 Å². The van der Waals surface area contributed by atoms with Crippen LogP contribution < -0.4 is 5.32 Å². The number of halogens is 1. The number of nitrogens with one attached hydrogen (secondary N) is 1. The molecule has 0 bridgehead atoms. The number of hydrogen-bond acceptors (Lipinski definition) is 2. The predicted octanol–water partition coefficient (Wildman–Crippen LogP) is 4.40. The summed E-state index contributed by atoms with van der Waals surface area (Å²) >= 11 is 5.88. The van der Waals surface area contributed by atoms with Crippen molar-refractivity contribution in [1.82, 2.24) is 4.98 Å². The van der Waals surface area contributed by atoms with Gasteiger partial charge in [0.2, 0.25) is 0 Å². The number of pyridine rings is 1. The van der Waals surface area contributed by atoms with Crippen LogP contribution >= 0.6 is 11.6 Å². The van der Waals surface area contributed by atoms with Gasteiger partial charge in [-0.15, -0.1) is 0 Å². The molecule has 3 rings (SSSR count). The van der Waals surface area contributed by atoms with Gasteiger partial charge in [0.05, 0.1) is 0 Å². The number of hydrogen-bond donors (Lipinski definition) is 1. The summed E-state index contributed by atoms with van der Waals surface area (Å²) < 4.78 is 0. The molecule has 2 nitrogen and oxygen atoms in total. The maximum atomic E-state index is 5.88. The molecule has 1 aromatic carbocycles. The normalized spacial score (nSPS) is 21.8. The molecule has 0 atom stereocenters. The number of anilines is 1. The Morgan fingerprint density at radius 1 is 1.11 bits per heavy atom. The SMILES string of the molecule is Cc1ccc(C2CC(Nc3cccc(Cl)n3)C2)cc1. The van der Waals surface area contributed by atoms with Crippen molar-refractivity contribution in [2.24, 2.45) is 0 Å². The lowest BCUT2D eigenvalue weighted by molar-refractivity contribution is 0.373. The van der Waals surface area contributed by atoms with Crippen molar-refractivity contribution in [3.63, 3.8) is 0 Å². The smallest absolute Gasteiger partial charge is 0.131 e. The molecule has 2 aromatic rings. The Morgan fingerprint density at radius 3 is 2.53 bits per heavy atom. The Balaban J connectivity index is 1.57. The van der Waals surface area contributed by atoms with E-state index in [1.165, 1.54) is 11.1 Å². The molecule has 1 N–H and O–H groups in total. The summed E-state index contributed by atoms with van der Waals surface area (Å²) in [6, 6.07) is 15.1. The Morgan fingerprint density at radius 2 is 1.84 bits per heavy atom. The van der Waals surface area contributed by atoms with Crippen molar-refractivity contribution < 1.29 is 0 Å². The van der Waals surface area contributed by atoms with Crippen molar-refractivity contribution in [3.8, 4) is 0 Å². The van der Waals surface area contributed by atoms with Gasteiger partial charge in [-0.05, 0) is 43.4 Å². The average Bonchev–Trinajstić information content (AvgIpc) is 2.35. The molecule has 0 saturated heterocycles. The van der Waals surface area contributed by atoms with Gasteiger partial charge < -0.3 is 5.32 Å². The summed E-state index contributed by atoms with van der Waals surface area (Å²) in [7, 11) is 0. The summed E-state index contributed by atoms with van der Waals surface area (Å²) in [6.07, 6.45) is 2.33. The second-order valence-electron chi connectivity index (χ2n) is 5.27. The maximum absolute atomic E-state index is 5.88. The van der Waals surface area contributed by atoms with Crippen molar-refractivity contribution in [2.75, 3.05) is 5.32 Å². The maximum Gasteiger partial charge on any atom is 0.131 e. The molecular formula is C16H17ClN2. The van der Waals surface area contributed by atoms with Gasteiger partial charge in [-0.3, -0.25) is 0 Å². The van der Waals surface area contributed by atoms with Crippen LogP contribution in [0.4, 0.5) is 5.82 Å². The quantitative estimate of drug-likeness (QED) is 0.838. The predicted molar refractivity (Wildman–Crippen MR) is 79.8 cm³/mol. The van der Waals surface area contributed by atoms with Gasteiger partial charge in [-0.1, -0.05) is 47.5 Å². The highest BCUT2D eigenvalue weighted by atomic mass is 35.5. The number of aromatic nitrogens is 1. The first-order chi connectivity index (χ1) is 9.20. The third-order valence-corrected chi connectivity index (χ3v) is 3.96. The van der Waals surface area contributed by atoms with Crippen molar-refractivity contribution in [2.45, 2.75) is 31.7 Å². The third kappa shape index (κ3) is 2.90. The lowest BCUT2D eigenvalue weighted by Crippen LogP contribution is -2.34. The van der Waals surface area contributed by atoms with Crippen molar-refractivity contribution in [1.29, 1.82) is 0 Å². The van der Waals surface area contributed by atoms with Crippen LogP contribution in [0, 0.1) is 6.92 Å². The molecule has 0 spiro atoms. The highest BCUT2D eigenvalue weighted by Gasteiger charge is 2.30. The highest BCUT2D eigenvalue weighted by molar-refractivity contribution is 6.29. The zero-order valence-electron chi connectivity index (χ0n) is 10.9. The summed E-state index contributed by atoms with van der Waals surface area (Å²) in [5.41, 5.74) is 2.77. The molecule has 0 aliphatic heterocycles. The molecule has 0 amide bonds. The first kappa shape index (κ1) is 12.5. The van der Waals surface area contributed by atoms with E-state index in [-0.39, 0.29) is 0 Å². The van der Waals surface area contributed by atoms with E-state index >= 15 is 0 Å². The number of nitrogens with zero attached hydrogens (tertiary/aromatic N) is 1.